The molecule has 0 aliphatic rings. The number of hydrogen-bond donors (Lipinski definition) is 2. The van der Waals surface area contributed by atoms with E-state index < -0.39 is 0 Å². The van der Waals surface area contributed by atoms with Gasteiger partial charge in [0.1, 0.15) is 11.5 Å². The van der Waals surface area contributed by atoms with Crippen LogP contribution in [0.4, 0.5) is 5.82 Å². The monoisotopic (exact) mass is 271 g/mol. The summed E-state index contributed by atoms with van der Waals surface area (Å²) in [6, 6.07) is 3.92. The number of rotatable bonds is 5. The molecule has 1 amide bonds. The van der Waals surface area contributed by atoms with Crippen molar-refractivity contribution in [3.63, 3.8) is 0 Å². The molecule has 0 bridgehead atoms. The predicted octanol–water partition coefficient (Wildman–Crippen LogP) is 1.62. The highest BCUT2D eigenvalue weighted by atomic mass is 16.1. The number of anilines is 1. The molecule has 2 aromatic heterocycles. The largest absolute Gasteiger partial charge is 0.365 e. The summed E-state index contributed by atoms with van der Waals surface area (Å²) in [7, 11) is 0. The molecule has 2 N–H and O–H groups in total. The Balaban J connectivity index is 1.93. The van der Waals surface area contributed by atoms with Crippen molar-refractivity contribution in [2.24, 2.45) is 0 Å². The molecule has 0 spiro atoms. The third-order valence-corrected chi connectivity index (χ3v) is 2.53. The Morgan fingerprint density at radius 2 is 1.95 bits per heavy atom. The molecule has 6 nitrogen and oxygen atoms in total. The fourth-order valence-corrected chi connectivity index (χ4v) is 1.57. The van der Waals surface area contributed by atoms with E-state index >= 15 is 0 Å². The van der Waals surface area contributed by atoms with Gasteiger partial charge in [0.15, 0.2) is 0 Å². The molecule has 2 rings (SSSR count). The van der Waals surface area contributed by atoms with Crippen molar-refractivity contribution < 1.29 is 4.79 Å². The highest BCUT2D eigenvalue weighted by Gasteiger charge is 2.08. The number of carbonyl (C=O) groups is 1. The minimum Gasteiger partial charge on any atom is -0.365 e. The van der Waals surface area contributed by atoms with Crippen LogP contribution in [0.3, 0.4) is 0 Å². The van der Waals surface area contributed by atoms with E-state index in [2.05, 4.69) is 25.6 Å². The molecule has 0 radical (unpaired) electrons. The predicted molar refractivity (Wildman–Crippen MR) is 76.2 cm³/mol. The molecule has 0 fully saturated rings. The second-order valence-corrected chi connectivity index (χ2v) is 4.62. The van der Waals surface area contributed by atoms with Crippen LogP contribution in [0.5, 0.6) is 0 Å². The summed E-state index contributed by atoms with van der Waals surface area (Å²) in [5.74, 6) is 0.413. The van der Waals surface area contributed by atoms with Gasteiger partial charge in [-0.25, -0.2) is 9.97 Å². The Morgan fingerprint density at radius 3 is 2.55 bits per heavy atom. The average molecular weight is 271 g/mol. The molecule has 0 unspecified atom stereocenters. The molecule has 104 valence electrons. The first-order valence-electron chi connectivity index (χ1n) is 6.41. The summed E-state index contributed by atoms with van der Waals surface area (Å²) < 4.78 is 0. The van der Waals surface area contributed by atoms with Crippen LogP contribution in [0, 0.1) is 0 Å². The van der Waals surface area contributed by atoms with Gasteiger partial charge in [-0.3, -0.25) is 9.78 Å². The first-order valence-corrected chi connectivity index (χ1v) is 6.41. The van der Waals surface area contributed by atoms with E-state index in [1.54, 1.807) is 18.6 Å². The highest BCUT2D eigenvalue weighted by molar-refractivity contribution is 5.92. The summed E-state index contributed by atoms with van der Waals surface area (Å²) >= 11 is 0. The second-order valence-electron chi connectivity index (χ2n) is 4.62. The lowest BCUT2D eigenvalue weighted by atomic mass is 10.3. The van der Waals surface area contributed by atoms with Gasteiger partial charge in [-0.2, -0.15) is 0 Å². The molecule has 2 heterocycles. The SMILES string of the molecule is CC(C)NC(=O)c1cnc(NCc2ccncc2)cn1. The van der Waals surface area contributed by atoms with Gasteiger partial charge in [-0.1, -0.05) is 0 Å². The normalized spacial score (nSPS) is 10.3. The standard InChI is InChI=1S/C14H17N5O/c1-10(2)19-14(20)12-8-18-13(9-16-12)17-7-11-3-5-15-6-4-11/h3-6,8-10H,7H2,1-2H3,(H,17,18)(H,19,20). The van der Waals surface area contributed by atoms with Gasteiger partial charge < -0.3 is 10.6 Å². The van der Waals surface area contributed by atoms with E-state index in [4.69, 9.17) is 0 Å². The van der Waals surface area contributed by atoms with Crippen molar-refractivity contribution in [2.75, 3.05) is 5.32 Å². The quantitative estimate of drug-likeness (QED) is 0.864. The molecule has 0 aliphatic carbocycles. The van der Waals surface area contributed by atoms with Crippen LogP contribution in [0.25, 0.3) is 0 Å². The fraction of sp³-hybridized carbons (Fsp3) is 0.286. The highest BCUT2D eigenvalue weighted by Crippen LogP contribution is 2.04. The molecule has 6 heteroatoms. The Morgan fingerprint density at radius 1 is 1.20 bits per heavy atom. The van der Waals surface area contributed by atoms with Crippen LogP contribution >= 0.6 is 0 Å². The maximum Gasteiger partial charge on any atom is 0.271 e. The van der Waals surface area contributed by atoms with Crippen molar-refractivity contribution in [3.8, 4) is 0 Å². The minimum atomic E-state index is -0.215. The van der Waals surface area contributed by atoms with Crippen molar-refractivity contribution in [1.82, 2.24) is 20.3 Å². The van der Waals surface area contributed by atoms with Crippen LogP contribution in [0.2, 0.25) is 0 Å². The first kappa shape index (κ1) is 13.9. The van der Waals surface area contributed by atoms with Crippen molar-refractivity contribution in [3.05, 3.63) is 48.2 Å². The molecular formula is C14H17N5O. The van der Waals surface area contributed by atoms with Crippen LogP contribution < -0.4 is 10.6 Å². The van der Waals surface area contributed by atoms with Crippen LogP contribution in [-0.2, 0) is 6.54 Å². The third-order valence-electron chi connectivity index (χ3n) is 2.53. The van der Waals surface area contributed by atoms with Crippen LogP contribution in [0.15, 0.2) is 36.9 Å². The van der Waals surface area contributed by atoms with Gasteiger partial charge in [0, 0.05) is 25.0 Å². The van der Waals surface area contributed by atoms with E-state index in [9.17, 15) is 4.79 Å². The number of pyridine rings is 1. The topological polar surface area (TPSA) is 79.8 Å². The maximum absolute atomic E-state index is 11.7. The lowest BCUT2D eigenvalue weighted by molar-refractivity contribution is 0.0937. The number of carbonyl (C=O) groups excluding carboxylic acids is 1. The lowest BCUT2D eigenvalue weighted by Crippen LogP contribution is -2.30. The number of aromatic nitrogens is 3. The van der Waals surface area contributed by atoms with Gasteiger partial charge in [0.2, 0.25) is 0 Å². The molecule has 0 saturated heterocycles. The lowest BCUT2D eigenvalue weighted by Gasteiger charge is -2.08. The number of hydrogen-bond acceptors (Lipinski definition) is 5. The van der Waals surface area contributed by atoms with Gasteiger partial charge >= 0.3 is 0 Å². The third kappa shape index (κ3) is 4.01. The summed E-state index contributed by atoms with van der Waals surface area (Å²) in [6.07, 6.45) is 6.49. The zero-order valence-electron chi connectivity index (χ0n) is 11.5. The van der Waals surface area contributed by atoms with Crippen molar-refractivity contribution >= 4 is 11.7 Å². The summed E-state index contributed by atoms with van der Waals surface area (Å²) in [4.78, 5) is 23.9. The zero-order valence-corrected chi connectivity index (χ0v) is 11.5. The molecule has 0 atom stereocenters. The maximum atomic E-state index is 11.7. The minimum absolute atomic E-state index is 0.0776. The number of amides is 1. The summed E-state index contributed by atoms with van der Waals surface area (Å²) in [6.45, 7) is 4.43. The molecule has 2 aromatic rings. The second kappa shape index (κ2) is 6.60. The Labute approximate surface area is 117 Å². The van der Waals surface area contributed by atoms with Crippen molar-refractivity contribution in [2.45, 2.75) is 26.4 Å². The smallest absolute Gasteiger partial charge is 0.271 e. The molecule has 0 aromatic carbocycles. The van der Waals surface area contributed by atoms with Gasteiger partial charge in [-0.05, 0) is 31.5 Å². The van der Waals surface area contributed by atoms with Crippen LogP contribution in [-0.4, -0.2) is 26.9 Å². The van der Waals surface area contributed by atoms with Gasteiger partial charge in [0.05, 0.1) is 12.4 Å². The molecule has 20 heavy (non-hydrogen) atoms. The van der Waals surface area contributed by atoms with Gasteiger partial charge in [0.25, 0.3) is 5.91 Å². The summed E-state index contributed by atoms with van der Waals surface area (Å²) in [5, 5.41) is 5.90. The van der Waals surface area contributed by atoms with Crippen LogP contribution in [0.1, 0.15) is 29.9 Å². The Kier molecular flexibility index (Phi) is 4.60. The van der Waals surface area contributed by atoms with E-state index in [1.807, 2.05) is 26.0 Å². The van der Waals surface area contributed by atoms with E-state index in [-0.39, 0.29) is 11.9 Å². The number of nitrogens with zero attached hydrogens (tertiary/aromatic N) is 3. The first-order chi connectivity index (χ1) is 9.65. The zero-order chi connectivity index (χ0) is 14.4. The van der Waals surface area contributed by atoms with E-state index in [0.717, 1.165) is 5.56 Å². The molecule has 0 saturated carbocycles. The van der Waals surface area contributed by atoms with Gasteiger partial charge in [-0.15, -0.1) is 0 Å². The average Bonchev–Trinajstić information content (AvgIpc) is 2.46. The fourth-order valence-electron chi connectivity index (χ4n) is 1.57. The molecule has 0 aliphatic heterocycles. The Hall–Kier alpha value is -2.50. The summed E-state index contributed by atoms with van der Waals surface area (Å²) in [5.41, 5.74) is 1.41. The Bertz CT molecular complexity index is 554. The van der Waals surface area contributed by atoms with E-state index in [0.29, 0.717) is 18.1 Å². The number of nitrogens with one attached hydrogen (secondary N) is 2. The van der Waals surface area contributed by atoms with E-state index in [1.165, 1.54) is 6.20 Å². The van der Waals surface area contributed by atoms with Crippen molar-refractivity contribution in [1.29, 1.82) is 0 Å². The molecular weight excluding hydrogens is 254 g/mol.